The van der Waals surface area contributed by atoms with Crippen molar-refractivity contribution in [2.24, 2.45) is 4.99 Å². The Morgan fingerprint density at radius 1 is 1.40 bits per heavy atom. The Morgan fingerprint density at radius 2 is 2.20 bits per heavy atom. The first kappa shape index (κ1) is 11.4. The van der Waals surface area contributed by atoms with Crippen LogP contribution in [-0.2, 0) is 11.2 Å². The van der Waals surface area contributed by atoms with Crippen molar-refractivity contribution in [3.63, 3.8) is 0 Å². The minimum atomic E-state index is 0.680. The summed E-state index contributed by atoms with van der Waals surface area (Å²) in [4.78, 5) is 14.6. The number of aryl methyl sites for hydroxylation is 1. The number of benzene rings is 1. The summed E-state index contributed by atoms with van der Waals surface area (Å²) in [5.74, 6) is 0. The molecule has 1 aromatic carbocycles. The number of rotatable bonds is 2. The van der Waals surface area contributed by atoms with Crippen LogP contribution >= 0.6 is 0 Å². The molecule has 1 heterocycles. The third-order valence-corrected chi connectivity index (χ3v) is 2.10. The van der Waals surface area contributed by atoms with Gasteiger partial charge in [-0.15, -0.1) is 0 Å². The molecule has 0 saturated heterocycles. The largest absolute Gasteiger partial charge is 0.327 e. The van der Waals surface area contributed by atoms with Crippen LogP contribution in [0.4, 0.5) is 11.4 Å². The summed E-state index contributed by atoms with van der Waals surface area (Å²) in [6.45, 7) is 4.00. The zero-order valence-electron chi connectivity index (χ0n) is 9.16. The van der Waals surface area contributed by atoms with E-state index in [-0.39, 0.29) is 0 Å². The summed E-state index contributed by atoms with van der Waals surface area (Å²) < 4.78 is 0. The fraction of sp³-hybridized carbons (Fsp3) is 0.333. The summed E-state index contributed by atoms with van der Waals surface area (Å²) in [5.41, 5.74) is 2.90. The fourth-order valence-electron chi connectivity index (χ4n) is 1.50. The Hall–Kier alpha value is -1.64. The van der Waals surface area contributed by atoms with Gasteiger partial charge in [0.05, 0.1) is 11.4 Å². The standard InChI is InChI=1S/C10H10N2O.C2H6/c13-7-12-9-5-1-3-8-4-2-6-11-10(8)9;1-2/h1,3,5-7H,2,4H2,(H,12,13);1-2H3. The third-order valence-electron chi connectivity index (χ3n) is 2.10. The summed E-state index contributed by atoms with van der Waals surface area (Å²) in [6.07, 6.45) is 4.56. The number of carbonyl (C=O) groups excluding carboxylic acids is 1. The first-order valence-electron chi connectivity index (χ1n) is 5.26. The highest BCUT2D eigenvalue weighted by Gasteiger charge is 2.08. The normalized spacial score (nSPS) is 12.1. The van der Waals surface area contributed by atoms with E-state index in [9.17, 15) is 4.79 Å². The monoisotopic (exact) mass is 204 g/mol. The summed E-state index contributed by atoms with van der Waals surface area (Å²) in [7, 11) is 0. The average molecular weight is 204 g/mol. The zero-order chi connectivity index (χ0) is 11.1. The van der Waals surface area contributed by atoms with Gasteiger partial charge in [-0.1, -0.05) is 26.0 Å². The second kappa shape index (κ2) is 5.96. The lowest BCUT2D eigenvalue weighted by molar-refractivity contribution is -0.105. The molecule has 1 aromatic rings. The van der Waals surface area contributed by atoms with E-state index in [4.69, 9.17) is 0 Å². The van der Waals surface area contributed by atoms with E-state index in [1.807, 2.05) is 38.3 Å². The zero-order valence-corrected chi connectivity index (χ0v) is 9.16. The van der Waals surface area contributed by atoms with E-state index in [1.54, 1.807) is 0 Å². The van der Waals surface area contributed by atoms with Crippen molar-refractivity contribution in [3.8, 4) is 0 Å². The van der Waals surface area contributed by atoms with Crippen molar-refractivity contribution in [2.75, 3.05) is 5.32 Å². The summed E-state index contributed by atoms with van der Waals surface area (Å²) in [5, 5.41) is 2.64. The van der Waals surface area contributed by atoms with Crippen molar-refractivity contribution in [1.82, 2.24) is 0 Å². The van der Waals surface area contributed by atoms with Crippen LogP contribution in [-0.4, -0.2) is 12.6 Å². The van der Waals surface area contributed by atoms with Crippen LogP contribution in [0.25, 0.3) is 0 Å². The molecular formula is C12H16N2O. The molecule has 2 rings (SSSR count). The van der Waals surface area contributed by atoms with Crippen LogP contribution in [0.1, 0.15) is 25.8 Å². The Morgan fingerprint density at radius 3 is 2.93 bits per heavy atom. The van der Waals surface area contributed by atoms with Crippen LogP contribution < -0.4 is 5.32 Å². The molecule has 0 spiro atoms. The second-order valence-electron chi connectivity index (χ2n) is 2.93. The predicted octanol–water partition coefficient (Wildman–Crippen LogP) is 2.93. The Kier molecular flexibility index (Phi) is 4.54. The number of para-hydroxylation sites is 1. The molecule has 0 fully saturated rings. The summed E-state index contributed by atoms with van der Waals surface area (Å²) >= 11 is 0. The van der Waals surface area contributed by atoms with Crippen molar-refractivity contribution in [1.29, 1.82) is 0 Å². The lowest BCUT2D eigenvalue weighted by Gasteiger charge is -2.12. The molecule has 0 bridgehead atoms. The molecule has 3 nitrogen and oxygen atoms in total. The molecule has 80 valence electrons. The van der Waals surface area contributed by atoms with E-state index >= 15 is 0 Å². The smallest absolute Gasteiger partial charge is 0.211 e. The Balaban J connectivity index is 0.000000531. The molecule has 0 saturated carbocycles. The third kappa shape index (κ3) is 2.65. The number of amides is 1. The van der Waals surface area contributed by atoms with E-state index in [0.29, 0.717) is 6.41 Å². The molecular weight excluding hydrogens is 188 g/mol. The van der Waals surface area contributed by atoms with Crippen molar-refractivity contribution in [2.45, 2.75) is 26.7 Å². The van der Waals surface area contributed by atoms with Crippen molar-refractivity contribution >= 4 is 24.0 Å². The molecule has 1 aliphatic rings. The SMILES string of the molecule is CC.O=CNc1cccc2c1N=CCC2. The molecule has 0 radical (unpaired) electrons. The highest BCUT2D eigenvalue weighted by molar-refractivity contribution is 5.84. The van der Waals surface area contributed by atoms with Gasteiger partial charge in [0.25, 0.3) is 0 Å². The van der Waals surface area contributed by atoms with Crippen LogP contribution in [0, 0.1) is 0 Å². The topological polar surface area (TPSA) is 41.5 Å². The number of nitrogens with one attached hydrogen (secondary N) is 1. The highest BCUT2D eigenvalue weighted by atomic mass is 16.1. The van der Waals surface area contributed by atoms with E-state index < -0.39 is 0 Å². The van der Waals surface area contributed by atoms with Crippen molar-refractivity contribution in [3.05, 3.63) is 23.8 Å². The van der Waals surface area contributed by atoms with Crippen LogP contribution in [0.15, 0.2) is 23.2 Å². The van der Waals surface area contributed by atoms with Gasteiger partial charge in [-0.25, -0.2) is 0 Å². The number of nitrogens with zero attached hydrogens (tertiary/aromatic N) is 1. The number of hydrogen-bond acceptors (Lipinski definition) is 2. The minimum absolute atomic E-state index is 0.680. The lowest BCUT2D eigenvalue weighted by atomic mass is 10.0. The van der Waals surface area contributed by atoms with E-state index in [1.165, 1.54) is 5.56 Å². The van der Waals surface area contributed by atoms with Crippen LogP contribution in [0.5, 0.6) is 0 Å². The first-order valence-corrected chi connectivity index (χ1v) is 5.26. The van der Waals surface area contributed by atoms with Gasteiger partial charge in [0.2, 0.25) is 6.41 Å². The molecule has 0 unspecified atom stereocenters. The van der Waals surface area contributed by atoms with Crippen molar-refractivity contribution < 1.29 is 4.79 Å². The van der Waals surface area contributed by atoms with Gasteiger partial charge in [0.15, 0.2) is 0 Å². The molecule has 3 heteroatoms. The number of fused-ring (bicyclic) bond motifs is 1. The molecule has 0 aromatic heterocycles. The van der Waals surface area contributed by atoms with Gasteiger partial charge in [-0.3, -0.25) is 9.79 Å². The second-order valence-corrected chi connectivity index (χ2v) is 2.93. The molecule has 1 aliphatic heterocycles. The Labute approximate surface area is 90.2 Å². The number of aliphatic imine (C=N–C) groups is 1. The molecule has 15 heavy (non-hydrogen) atoms. The van der Waals surface area contributed by atoms with Gasteiger partial charge in [0.1, 0.15) is 0 Å². The quantitative estimate of drug-likeness (QED) is 0.739. The molecule has 1 amide bonds. The maximum Gasteiger partial charge on any atom is 0.211 e. The van der Waals surface area contributed by atoms with Crippen LogP contribution in [0.2, 0.25) is 0 Å². The number of hydrogen-bond donors (Lipinski definition) is 1. The first-order chi connectivity index (χ1) is 7.42. The number of anilines is 1. The van der Waals surface area contributed by atoms with Gasteiger partial charge in [-0.2, -0.15) is 0 Å². The van der Waals surface area contributed by atoms with Gasteiger partial charge in [-0.05, 0) is 24.5 Å². The maximum absolute atomic E-state index is 10.3. The lowest BCUT2D eigenvalue weighted by Crippen LogP contribution is -1.99. The van der Waals surface area contributed by atoms with E-state index in [0.717, 1.165) is 24.2 Å². The van der Waals surface area contributed by atoms with E-state index in [2.05, 4.69) is 10.3 Å². The molecule has 1 N–H and O–H groups in total. The highest BCUT2D eigenvalue weighted by Crippen LogP contribution is 2.31. The molecule has 0 atom stereocenters. The Bertz CT molecular complexity index is 359. The van der Waals surface area contributed by atoms with Gasteiger partial charge >= 0.3 is 0 Å². The van der Waals surface area contributed by atoms with Crippen LogP contribution in [0.3, 0.4) is 0 Å². The average Bonchev–Trinajstić information content (AvgIpc) is 2.33. The summed E-state index contributed by atoms with van der Waals surface area (Å²) in [6, 6.07) is 5.84. The predicted molar refractivity (Wildman–Crippen MR) is 63.9 cm³/mol. The van der Waals surface area contributed by atoms with Gasteiger partial charge in [0, 0.05) is 6.21 Å². The minimum Gasteiger partial charge on any atom is -0.327 e. The molecule has 0 aliphatic carbocycles. The maximum atomic E-state index is 10.3. The van der Waals surface area contributed by atoms with Gasteiger partial charge < -0.3 is 5.32 Å². The fourth-order valence-corrected chi connectivity index (χ4v) is 1.50. The number of carbonyl (C=O) groups is 1.